The first kappa shape index (κ1) is 16.8. The average Bonchev–Trinajstić information content (AvgIpc) is 2.94. The average molecular weight is 338 g/mol. The van der Waals surface area contributed by atoms with Gasteiger partial charge in [-0.25, -0.2) is 4.39 Å². The standard InChI is InChI=1S/C19H19FN4O/c1-13-16(12-22-24(13)3)19(25)23(2)18(17-9-4-5-10-21-17)14-7-6-8-15(20)11-14/h4-12,18H,1-3H3/t18-/m1/s1. The van der Waals surface area contributed by atoms with Crippen LogP contribution in [-0.4, -0.2) is 32.6 Å². The topological polar surface area (TPSA) is 51.0 Å². The molecular formula is C19H19FN4O. The molecule has 2 heterocycles. The van der Waals surface area contributed by atoms with Crippen LogP contribution >= 0.6 is 0 Å². The number of hydrogen-bond acceptors (Lipinski definition) is 3. The van der Waals surface area contributed by atoms with Crippen molar-refractivity contribution < 1.29 is 9.18 Å². The smallest absolute Gasteiger partial charge is 0.257 e. The number of benzene rings is 1. The summed E-state index contributed by atoms with van der Waals surface area (Å²) in [6.45, 7) is 1.84. The van der Waals surface area contributed by atoms with E-state index in [1.165, 1.54) is 12.1 Å². The van der Waals surface area contributed by atoms with Crippen LogP contribution in [0, 0.1) is 12.7 Å². The molecule has 6 heteroatoms. The number of rotatable bonds is 4. The van der Waals surface area contributed by atoms with E-state index in [1.54, 1.807) is 54.3 Å². The van der Waals surface area contributed by atoms with Crippen LogP contribution in [0.4, 0.5) is 4.39 Å². The number of aromatic nitrogens is 3. The summed E-state index contributed by atoms with van der Waals surface area (Å²) in [4.78, 5) is 18.9. The van der Waals surface area contributed by atoms with Crippen molar-refractivity contribution in [3.8, 4) is 0 Å². The predicted octanol–water partition coefficient (Wildman–Crippen LogP) is 3.12. The third-order valence-electron chi connectivity index (χ3n) is 4.31. The summed E-state index contributed by atoms with van der Waals surface area (Å²) >= 11 is 0. The molecule has 0 unspecified atom stereocenters. The number of carbonyl (C=O) groups excluding carboxylic acids is 1. The molecule has 0 spiro atoms. The van der Waals surface area contributed by atoms with Gasteiger partial charge in [0.05, 0.1) is 23.5 Å². The number of halogens is 1. The molecule has 0 N–H and O–H groups in total. The highest BCUT2D eigenvalue weighted by atomic mass is 19.1. The number of carbonyl (C=O) groups is 1. The Labute approximate surface area is 145 Å². The first-order chi connectivity index (χ1) is 12.0. The Kier molecular flexibility index (Phi) is 4.61. The fourth-order valence-corrected chi connectivity index (χ4v) is 2.82. The van der Waals surface area contributed by atoms with Crippen LogP contribution in [0.15, 0.2) is 54.9 Å². The van der Waals surface area contributed by atoms with Gasteiger partial charge >= 0.3 is 0 Å². The highest BCUT2D eigenvalue weighted by molar-refractivity contribution is 5.95. The van der Waals surface area contributed by atoms with Gasteiger partial charge in [0.25, 0.3) is 5.91 Å². The molecule has 1 amide bonds. The lowest BCUT2D eigenvalue weighted by Crippen LogP contribution is -2.32. The lowest BCUT2D eigenvalue weighted by atomic mass is 10.0. The number of amides is 1. The Hall–Kier alpha value is -3.02. The lowest BCUT2D eigenvalue weighted by Gasteiger charge is -2.28. The Bertz CT molecular complexity index is 891. The van der Waals surface area contributed by atoms with E-state index in [0.717, 1.165) is 5.69 Å². The van der Waals surface area contributed by atoms with Crippen LogP contribution in [-0.2, 0) is 7.05 Å². The summed E-state index contributed by atoms with van der Waals surface area (Å²) in [7, 11) is 3.48. The second kappa shape index (κ2) is 6.84. The Morgan fingerprint density at radius 2 is 2.04 bits per heavy atom. The first-order valence-corrected chi connectivity index (χ1v) is 7.91. The number of aryl methyl sites for hydroxylation is 1. The minimum atomic E-state index is -0.496. The number of nitrogens with zero attached hydrogens (tertiary/aromatic N) is 4. The summed E-state index contributed by atoms with van der Waals surface area (Å²) in [5.74, 6) is -0.539. The third-order valence-corrected chi connectivity index (χ3v) is 4.31. The highest BCUT2D eigenvalue weighted by Crippen LogP contribution is 2.28. The molecule has 0 radical (unpaired) electrons. The van der Waals surface area contributed by atoms with E-state index in [2.05, 4.69) is 10.1 Å². The molecular weight excluding hydrogens is 319 g/mol. The van der Waals surface area contributed by atoms with Gasteiger partial charge in [0.1, 0.15) is 5.82 Å². The second-order valence-electron chi connectivity index (χ2n) is 5.90. The van der Waals surface area contributed by atoms with Gasteiger partial charge in [-0.3, -0.25) is 14.5 Å². The van der Waals surface area contributed by atoms with Crippen molar-refractivity contribution in [2.45, 2.75) is 13.0 Å². The molecule has 0 aliphatic rings. The minimum absolute atomic E-state index is 0.189. The normalized spacial score (nSPS) is 12.0. The van der Waals surface area contributed by atoms with Crippen molar-refractivity contribution in [2.75, 3.05) is 7.05 Å². The molecule has 3 aromatic rings. The van der Waals surface area contributed by atoms with Crippen molar-refractivity contribution >= 4 is 5.91 Å². The van der Waals surface area contributed by atoms with Crippen molar-refractivity contribution in [1.29, 1.82) is 0 Å². The zero-order chi connectivity index (χ0) is 18.0. The molecule has 3 rings (SSSR count). The Morgan fingerprint density at radius 3 is 2.64 bits per heavy atom. The van der Waals surface area contributed by atoms with E-state index < -0.39 is 6.04 Å². The minimum Gasteiger partial charge on any atom is -0.329 e. The predicted molar refractivity (Wildman–Crippen MR) is 92.5 cm³/mol. The summed E-state index contributed by atoms with van der Waals surface area (Å²) in [6.07, 6.45) is 3.21. The molecule has 0 aliphatic heterocycles. The quantitative estimate of drug-likeness (QED) is 0.734. The maximum atomic E-state index is 13.8. The molecule has 5 nitrogen and oxygen atoms in total. The molecule has 1 atom stereocenters. The second-order valence-corrected chi connectivity index (χ2v) is 5.90. The first-order valence-electron chi connectivity index (χ1n) is 7.91. The lowest BCUT2D eigenvalue weighted by molar-refractivity contribution is 0.0751. The maximum Gasteiger partial charge on any atom is 0.257 e. The van der Waals surface area contributed by atoms with Crippen LogP contribution in [0.3, 0.4) is 0 Å². The fraction of sp³-hybridized carbons (Fsp3) is 0.211. The maximum absolute atomic E-state index is 13.8. The summed E-state index contributed by atoms with van der Waals surface area (Å²) in [6, 6.07) is 11.2. The molecule has 2 aromatic heterocycles. The van der Waals surface area contributed by atoms with E-state index in [9.17, 15) is 9.18 Å². The highest BCUT2D eigenvalue weighted by Gasteiger charge is 2.27. The molecule has 0 aliphatic carbocycles. The largest absolute Gasteiger partial charge is 0.329 e. The number of hydrogen-bond donors (Lipinski definition) is 0. The van der Waals surface area contributed by atoms with Crippen LogP contribution < -0.4 is 0 Å². The van der Waals surface area contributed by atoms with E-state index in [4.69, 9.17) is 0 Å². The summed E-state index contributed by atoms with van der Waals surface area (Å²) in [5, 5.41) is 4.13. The Balaban J connectivity index is 2.05. The van der Waals surface area contributed by atoms with Gasteiger partial charge in [0.2, 0.25) is 0 Å². The van der Waals surface area contributed by atoms with Gasteiger partial charge in [-0.1, -0.05) is 18.2 Å². The summed E-state index contributed by atoms with van der Waals surface area (Å²) < 4.78 is 15.4. The molecule has 1 aromatic carbocycles. The molecule has 25 heavy (non-hydrogen) atoms. The van der Waals surface area contributed by atoms with E-state index >= 15 is 0 Å². The van der Waals surface area contributed by atoms with Crippen LogP contribution in [0.25, 0.3) is 0 Å². The van der Waals surface area contributed by atoms with Gasteiger partial charge in [0.15, 0.2) is 0 Å². The van der Waals surface area contributed by atoms with Gasteiger partial charge < -0.3 is 4.90 Å². The zero-order valence-corrected chi connectivity index (χ0v) is 14.3. The van der Waals surface area contributed by atoms with Gasteiger partial charge in [-0.15, -0.1) is 0 Å². The van der Waals surface area contributed by atoms with Crippen molar-refractivity contribution in [2.24, 2.45) is 7.05 Å². The fourth-order valence-electron chi connectivity index (χ4n) is 2.82. The molecule has 128 valence electrons. The molecule has 0 saturated heterocycles. The molecule has 0 fully saturated rings. The third kappa shape index (κ3) is 3.28. The van der Waals surface area contributed by atoms with Gasteiger partial charge in [-0.05, 0) is 36.8 Å². The number of pyridine rings is 1. The van der Waals surface area contributed by atoms with E-state index in [-0.39, 0.29) is 11.7 Å². The SMILES string of the molecule is Cc1c(C(=O)N(C)[C@H](c2cccc(F)c2)c2ccccn2)cnn1C. The van der Waals surface area contributed by atoms with Crippen LogP contribution in [0.5, 0.6) is 0 Å². The monoisotopic (exact) mass is 338 g/mol. The van der Waals surface area contributed by atoms with Crippen LogP contribution in [0.1, 0.15) is 33.4 Å². The molecule has 0 saturated carbocycles. The van der Waals surface area contributed by atoms with Crippen LogP contribution in [0.2, 0.25) is 0 Å². The van der Waals surface area contributed by atoms with Crippen molar-refractivity contribution in [3.05, 3.63) is 83.2 Å². The van der Waals surface area contributed by atoms with Gasteiger partial charge in [0, 0.05) is 26.0 Å². The van der Waals surface area contributed by atoms with E-state index in [1.807, 2.05) is 19.1 Å². The summed E-state index contributed by atoms with van der Waals surface area (Å²) in [5.41, 5.74) is 2.62. The molecule has 0 bridgehead atoms. The zero-order valence-electron chi connectivity index (χ0n) is 14.3. The van der Waals surface area contributed by atoms with Gasteiger partial charge in [-0.2, -0.15) is 5.10 Å². The van der Waals surface area contributed by atoms with E-state index in [0.29, 0.717) is 16.8 Å². The Morgan fingerprint density at radius 1 is 1.24 bits per heavy atom. The van der Waals surface area contributed by atoms with Crippen molar-refractivity contribution in [3.63, 3.8) is 0 Å². The van der Waals surface area contributed by atoms with Crippen molar-refractivity contribution in [1.82, 2.24) is 19.7 Å².